The predicted molar refractivity (Wildman–Crippen MR) is 134 cm³/mol. The van der Waals surface area contributed by atoms with Crippen molar-refractivity contribution < 1.29 is 28.5 Å². The molecule has 0 fully saturated rings. The minimum absolute atomic E-state index is 0.0869. The molecule has 0 aliphatic heterocycles. The van der Waals surface area contributed by atoms with E-state index in [1.165, 1.54) is 0 Å². The zero-order chi connectivity index (χ0) is 24.0. The van der Waals surface area contributed by atoms with Crippen LogP contribution in [0, 0.1) is 0 Å². The summed E-state index contributed by atoms with van der Waals surface area (Å²) in [5.41, 5.74) is 2.37. The molecule has 0 rings (SSSR count). The van der Waals surface area contributed by atoms with Gasteiger partial charge in [-0.1, -0.05) is 22.6 Å². The number of nitrogens with one attached hydrogen (secondary N) is 1. The number of halogens is 1. The zero-order valence-corrected chi connectivity index (χ0v) is 23.6. The standard InChI is InChI=1S/C23H48INO6/c1-20(2,3)28-16-12-26-13-17-29-21(4,5)10-11-22(6,7)30-18-14-27-15-19-31-25-23(8,9)24/h25H,10-19H2,1-9H3. The maximum Gasteiger partial charge on any atom is 0.0916 e. The molecule has 0 unspecified atom stereocenters. The molecule has 0 aliphatic rings. The van der Waals surface area contributed by atoms with E-state index in [1.54, 1.807) is 0 Å². The van der Waals surface area contributed by atoms with Crippen LogP contribution in [0.3, 0.4) is 0 Å². The Hall–Kier alpha value is 0.450. The quantitative estimate of drug-likeness (QED) is 0.0792. The monoisotopic (exact) mass is 561 g/mol. The summed E-state index contributed by atoms with van der Waals surface area (Å²) in [5.74, 6) is 0. The van der Waals surface area contributed by atoms with Gasteiger partial charge in [0.2, 0.25) is 0 Å². The van der Waals surface area contributed by atoms with Gasteiger partial charge in [0.25, 0.3) is 0 Å². The van der Waals surface area contributed by atoms with E-state index in [9.17, 15) is 0 Å². The molecule has 0 aromatic rings. The average molecular weight is 562 g/mol. The lowest BCUT2D eigenvalue weighted by Crippen LogP contribution is -2.34. The lowest BCUT2D eigenvalue weighted by atomic mass is 9.94. The molecule has 0 saturated heterocycles. The smallest absolute Gasteiger partial charge is 0.0916 e. The minimum Gasteiger partial charge on any atom is -0.377 e. The zero-order valence-electron chi connectivity index (χ0n) is 21.4. The van der Waals surface area contributed by atoms with Gasteiger partial charge in [0.1, 0.15) is 0 Å². The topological polar surface area (TPSA) is 67.4 Å². The molecule has 0 radical (unpaired) electrons. The Kier molecular flexibility index (Phi) is 15.6. The summed E-state index contributed by atoms with van der Waals surface area (Å²) in [6.45, 7) is 23.1. The lowest BCUT2D eigenvalue weighted by Gasteiger charge is -2.31. The first kappa shape index (κ1) is 31.4. The van der Waals surface area contributed by atoms with Crippen molar-refractivity contribution in [3.8, 4) is 0 Å². The van der Waals surface area contributed by atoms with E-state index >= 15 is 0 Å². The Morgan fingerprint density at radius 1 is 0.548 bits per heavy atom. The van der Waals surface area contributed by atoms with Gasteiger partial charge in [0.15, 0.2) is 0 Å². The maximum absolute atomic E-state index is 6.01. The minimum atomic E-state index is -0.228. The van der Waals surface area contributed by atoms with E-state index in [0.717, 1.165) is 12.8 Å². The van der Waals surface area contributed by atoms with Crippen molar-refractivity contribution in [2.45, 2.75) is 95.5 Å². The maximum atomic E-state index is 6.01. The number of ether oxygens (including phenoxy) is 5. The van der Waals surface area contributed by atoms with Crippen LogP contribution in [0.4, 0.5) is 0 Å². The number of hydrogen-bond donors (Lipinski definition) is 1. The molecular weight excluding hydrogens is 513 g/mol. The lowest BCUT2D eigenvalue weighted by molar-refractivity contribution is -0.0907. The summed E-state index contributed by atoms with van der Waals surface area (Å²) < 4.78 is 28.7. The van der Waals surface area contributed by atoms with Crippen molar-refractivity contribution in [1.82, 2.24) is 5.48 Å². The van der Waals surface area contributed by atoms with Gasteiger partial charge in [-0.2, -0.15) is 5.48 Å². The molecule has 0 aromatic heterocycles. The first-order valence-corrected chi connectivity index (χ1v) is 12.4. The van der Waals surface area contributed by atoms with Crippen LogP contribution in [0.1, 0.15) is 75.2 Å². The molecule has 0 atom stereocenters. The van der Waals surface area contributed by atoms with E-state index < -0.39 is 0 Å². The highest BCUT2D eigenvalue weighted by atomic mass is 127. The van der Waals surface area contributed by atoms with E-state index in [0.29, 0.717) is 52.9 Å². The molecule has 1 N–H and O–H groups in total. The van der Waals surface area contributed by atoms with Crippen molar-refractivity contribution >= 4 is 22.6 Å². The van der Waals surface area contributed by atoms with Crippen LogP contribution in [-0.2, 0) is 28.5 Å². The van der Waals surface area contributed by atoms with E-state index in [4.69, 9.17) is 28.5 Å². The van der Waals surface area contributed by atoms with Crippen LogP contribution in [0.2, 0.25) is 0 Å². The van der Waals surface area contributed by atoms with Crippen LogP contribution >= 0.6 is 22.6 Å². The van der Waals surface area contributed by atoms with Crippen LogP contribution in [0.25, 0.3) is 0 Å². The predicted octanol–water partition coefficient (Wildman–Crippen LogP) is 4.90. The molecule has 188 valence electrons. The van der Waals surface area contributed by atoms with E-state index in [-0.39, 0.29) is 20.3 Å². The SMILES string of the molecule is CC(C)(I)NOCCOCCOC(C)(C)CCC(C)(C)OCCOCCOC(C)(C)C. The van der Waals surface area contributed by atoms with Gasteiger partial charge in [-0.15, -0.1) is 0 Å². The fourth-order valence-corrected chi connectivity index (χ4v) is 2.59. The summed E-state index contributed by atoms with van der Waals surface area (Å²) in [7, 11) is 0. The summed E-state index contributed by atoms with van der Waals surface area (Å²) in [6.07, 6.45) is 1.80. The highest BCUT2D eigenvalue weighted by molar-refractivity contribution is 14.1. The Morgan fingerprint density at radius 2 is 0.935 bits per heavy atom. The Bertz CT molecular complexity index is 446. The molecule has 0 aromatic carbocycles. The van der Waals surface area contributed by atoms with Gasteiger partial charge in [0.05, 0.1) is 73.2 Å². The van der Waals surface area contributed by atoms with Gasteiger partial charge in [0, 0.05) is 0 Å². The Balaban J connectivity index is 3.77. The first-order chi connectivity index (χ1) is 14.1. The van der Waals surface area contributed by atoms with Crippen LogP contribution in [-0.4, -0.2) is 73.2 Å². The van der Waals surface area contributed by atoms with Crippen molar-refractivity contribution in [1.29, 1.82) is 0 Å². The normalized spacial score (nSPS) is 13.7. The Labute approximate surface area is 204 Å². The fraction of sp³-hybridized carbons (Fsp3) is 1.00. The third kappa shape index (κ3) is 23.4. The van der Waals surface area contributed by atoms with Crippen molar-refractivity contribution in [2.24, 2.45) is 0 Å². The Morgan fingerprint density at radius 3 is 1.32 bits per heavy atom. The fourth-order valence-electron chi connectivity index (χ4n) is 2.43. The molecular formula is C23H48INO6. The van der Waals surface area contributed by atoms with Gasteiger partial charge in [-0.3, -0.25) is 4.84 Å². The molecule has 0 saturated carbocycles. The molecule has 31 heavy (non-hydrogen) atoms. The van der Waals surface area contributed by atoms with E-state index in [2.05, 4.69) is 55.8 Å². The highest BCUT2D eigenvalue weighted by Gasteiger charge is 2.25. The molecule has 0 amide bonds. The number of alkyl halides is 1. The first-order valence-electron chi connectivity index (χ1n) is 11.3. The van der Waals surface area contributed by atoms with Crippen molar-refractivity contribution in [2.75, 3.05) is 52.9 Å². The summed E-state index contributed by atoms with van der Waals surface area (Å²) in [4.78, 5) is 5.34. The van der Waals surface area contributed by atoms with Crippen LogP contribution in [0.15, 0.2) is 0 Å². The molecule has 0 heterocycles. The second-order valence-corrected chi connectivity index (χ2v) is 13.0. The van der Waals surface area contributed by atoms with Gasteiger partial charge >= 0.3 is 0 Å². The number of rotatable bonds is 19. The summed E-state index contributed by atoms with van der Waals surface area (Å²) in [5, 5.41) is 0. The molecule has 8 heteroatoms. The van der Waals surface area contributed by atoms with Gasteiger partial charge in [-0.05, 0) is 75.2 Å². The number of hydroxylamine groups is 1. The van der Waals surface area contributed by atoms with E-state index in [1.807, 2.05) is 34.6 Å². The molecule has 0 spiro atoms. The van der Waals surface area contributed by atoms with Gasteiger partial charge in [-0.25, -0.2) is 0 Å². The van der Waals surface area contributed by atoms with Gasteiger partial charge < -0.3 is 23.7 Å². The molecule has 0 bridgehead atoms. The van der Waals surface area contributed by atoms with Crippen molar-refractivity contribution in [3.63, 3.8) is 0 Å². The third-order valence-corrected chi connectivity index (χ3v) is 4.40. The highest BCUT2D eigenvalue weighted by Crippen LogP contribution is 2.24. The van der Waals surface area contributed by atoms with Crippen molar-refractivity contribution in [3.05, 3.63) is 0 Å². The largest absolute Gasteiger partial charge is 0.377 e. The summed E-state index contributed by atoms with van der Waals surface area (Å²) >= 11 is 2.27. The molecule has 7 nitrogen and oxygen atoms in total. The number of hydrogen-bond acceptors (Lipinski definition) is 7. The van der Waals surface area contributed by atoms with Crippen LogP contribution in [0.5, 0.6) is 0 Å². The summed E-state index contributed by atoms with van der Waals surface area (Å²) in [6, 6.07) is 0. The third-order valence-electron chi connectivity index (χ3n) is 4.18. The second kappa shape index (κ2) is 15.4. The average Bonchev–Trinajstić information content (AvgIpc) is 2.60. The second-order valence-electron chi connectivity index (χ2n) is 10.3. The molecule has 0 aliphatic carbocycles. The van der Waals surface area contributed by atoms with Crippen LogP contribution < -0.4 is 5.48 Å².